The van der Waals surface area contributed by atoms with Crippen LogP contribution in [0.5, 0.6) is 0 Å². The van der Waals surface area contributed by atoms with Crippen molar-refractivity contribution in [2.24, 2.45) is 4.99 Å². The predicted molar refractivity (Wildman–Crippen MR) is 126 cm³/mol. The molecule has 164 valence electrons. The number of hydrogen-bond donors (Lipinski definition) is 3. The van der Waals surface area contributed by atoms with Crippen LogP contribution in [0.1, 0.15) is 21.5 Å². The van der Waals surface area contributed by atoms with E-state index in [2.05, 4.69) is 15.6 Å². The number of nitrogens with zero attached hydrogens (tertiary/aromatic N) is 1. The van der Waals surface area contributed by atoms with Gasteiger partial charge in [0.25, 0.3) is 10.0 Å². The SMILES string of the molecule is CNc1ccc2c(c1)N=C(c1ccc(NC(=O)NS(=O)(=O)c3ccc(Cl)s3)cc1C)C2=O. The second-order valence-electron chi connectivity index (χ2n) is 6.92. The number of nitrogens with one attached hydrogen (secondary N) is 3. The van der Waals surface area contributed by atoms with Crippen LogP contribution >= 0.6 is 22.9 Å². The van der Waals surface area contributed by atoms with Gasteiger partial charge in [-0.15, -0.1) is 11.3 Å². The van der Waals surface area contributed by atoms with Gasteiger partial charge in [-0.2, -0.15) is 0 Å². The lowest BCUT2D eigenvalue weighted by molar-refractivity contribution is 0.107. The van der Waals surface area contributed by atoms with E-state index in [0.717, 1.165) is 17.0 Å². The number of ketones is 1. The molecule has 0 spiro atoms. The predicted octanol–water partition coefficient (Wildman–Crippen LogP) is 4.58. The number of carbonyl (C=O) groups excluding carboxylic acids is 2. The molecule has 11 heteroatoms. The second-order valence-corrected chi connectivity index (χ2v) is 10.5. The van der Waals surface area contributed by atoms with Gasteiger partial charge >= 0.3 is 6.03 Å². The van der Waals surface area contributed by atoms with Crippen molar-refractivity contribution in [1.82, 2.24) is 4.72 Å². The average molecular weight is 489 g/mol. The van der Waals surface area contributed by atoms with E-state index < -0.39 is 16.1 Å². The molecule has 1 aliphatic heterocycles. The van der Waals surface area contributed by atoms with Gasteiger partial charge in [0.15, 0.2) is 0 Å². The fourth-order valence-corrected chi connectivity index (χ4v) is 5.62. The molecule has 3 N–H and O–H groups in total. The van der Waals surface area contributed by atoms with Crippen LogP contribution < -0.4 is 15.4 Å². The van der Waals surface area contributed by atoms with Crippen LogP contribution in [0, 0.1) is 6.92 Å². The number of hydrogen-bond acceptors (Lipinski definition) is 7. The molecule has 1 aliphatic rings. The molecule has 0 unspecified atom stereocenters. The zero-order valence-corrected chi connectivity index (χ0v) is 19.3. The van der Waals surface area contributed by atoms with E-state index in [9.17, 15) is 18.0 Å². The van der Waals surface area contributed by atoms with Gasteiger partial charge in [0, 0.05) is 24.0 Å². The Morgan fingerprint density at radius 1 is 1.03 bits per heavy atom. The van der Waals surface area contributed by atoms with E-state index in [-0.39, 0.29) is 9.99 Å². The smallest absolute Gasteiger partial charge is 0.333 e. The van der Waals surface area contributed by atoms with Crippen molar-refractivity contribution in [2.75, 3.05) is 17.7 Å². The lowest BCUT2D eigenvalue weighted by Crippen LogP contribution is -2.34. The number of urea groups is 1. The lowest BCUT2D eigenvalue weighted by Gasteiger charge is -2.10. The highest BCUT2D eigenvalue weighted by molar-refractivity contribution is 7.92. The fraction of sp³-hybridized carbons (Fsp3) is 0.0952. The summed E-state index contributed by atoms with van der Waals surface area (Å²) >= 11 is 6.61. The summed E-state index contributed by atoms with van der Waals surface area (Å²) in [6.07, 6.45) is 0. The molecule has 2 amide bonds. The molecule has 0 bridgehead atoms. The van der Waals surface area contributed by atoms with Gasteiger partial charge in [0.2, 0.25) is 5.78 Å². The molecule has 3 aromatic rings. The van der Waals surface area contributed by atoms with E-state index in [1.807, 2.05) is 10.8 Å². The van der Waals surface area contributed by atoms with Crippen molar-refractivity contribution in [1.29, 1.82) is 0 Å². The zero-order chi connectivity index (χ0) is 23.0. The normalized spacial score (nSPS) is 12.8. The molecule has 0 radical (unpaired) electrons. The van der Waals surface area contributed by atoms with Crippen molar-refractivity contribution in [3.8, 4) is 0 Å². The van der Waals surface area contributed by atoms with Crippen LogP contribution in [0.3, 0.4) is 0 Å². The second kappa shape index (κ2) is 8.38. The van der Waals surface area contributed by atoms with Crippen LogP contribution in [-0.4, -0.2) is 33.0 Å². The average Bonchev–Trinajstić information content (AvgIpc) is 3.31. The number of rotatable bonds is 5. The number of halogens is 1. The number of sulfonamides is 1. The van der Waals surface area contributed by atoms with Gasteiger partial charge in [-0.1, -0.05) is 17.7 Å². The number of fused-ring (bicyclic) bond motifs is 1. The molecule has 32 heavy (non-hydrogen) atoms. The summed E-state index contributed by atoms with van der Waals surface area (Å²) in [4.78, 5) is 29.5. The summed E-state index contributed by atoms with van der Waals surface area (Å²) in [6, 6.07) is 12.1. The highest BCUT2D eigenvalue weighted by Crippen LogP contribution is 2.32. The molecule has 0 saturated heterocycles. The molecule has 2 aromatic carbocycles. The van der Waals surface area contributed by atoms with E-state index in [1.54, 1.807) is 44.3 Å². The maximum atomic E-state index is 12.8. The lowest BCUT2D eigenvalue weighted by atomic mass is 9.98. The van der Waals surface area contributed by atoms with E-state index in [1.165, 1.54) is 12.1 Å². The number of aliphatic imine (C=N–C) groups is 1. The monoisotopic (exact) mass is 488 g/mol. The summed E-state index contributed by atoms with van der Waals surface area (Å²) in [6.45, 7) is 1.78. The van der Waals surface area contributed by atoms with Gasteiger partial charge in [0.1, 0.15) is 9.92 Å². The molecule has 0 saturated carbocycles. The number of anilines is 2. The third-order valence-corrected chi connectivity index (χ3v) is 7.81. The number of amides is 2. The molecule has 0 aliphatic carbocycles. The van der Waals surface area contributed by atoms with Crippen LogP contribution in [-0.2, 0) is 10.0 Å². The Morgan fingerprint density at radius 3 is 2.41 bits per heavy atom. The summed E-state index contributed by atoms with van der Waals surface area (Å²) in [5, 5.41) is 5.50. The standard InChI is InChI=1S/C21H17ClN4O4S2/c1-11-9-13(24-21(28)26-32(29,30)18-8-7-17(22)31-18)4-5-14(11)19-20(27)15-6-3-12(23-2)10-16(15)25-19/h3-10,23H,1-2H3,(H2,24,26,28). The van der Waals surface area contributed by atoms with Crippen LogP contribution in [0.2, 0.25) is 4.34 Å². The van der Waals surface area contributed by atoms with Crippen molar-refractivity contribution < 1.29 is 18.0 Å². The fourth-order valence-electron chi connectivity index (χ4n) is 3.23. The van der Waals surface area contributed by atoms with Gasteiger partial charge < -0.3 is 10.6 Å². The Hall–Kier alpha value is -3.21. The minimum atomic E-state index is -4.03. The number of thiophene rings is 1. The highest BCUT2D eigenvalue weighted by atomic mass is 35.5. The Bertz CT molecular complexity index is 1400. The Kier molecular flexibility index (Phi) is 5.76. The topological polar surface area (TPSA) is 117 Å². The van der Waals surface area contributed by atoms with Crippen LogP contribution in [0.4, 0.5) is 21.9 Å². The minimum absolute atomic E-state index is 0.0667. The van der Waals surface area contributed by atoms with Gasteiger partial charge in [-0.05, 0) is 55.0 Å². The number of aryl methyl sites for hydroxylation is 1. The minimum Gasteiger partial charge on any atom is -0.388 e. The number of carbonyl (C=O) groups is 2. The maximum Gasteiger partial charge on any atom is 0.333 e. The summed E-state index contributed by atoms with van der Waals surface area (Å²) in [5.74, 6) is -0.176. The zero-order valence-electron chi connectivity index (χ0n) is 16.9. The van der Waals surface area contributed by atoms with Crippen LogP contribution in [0.25, 0.3) is 0 Å². The molecule has 8 nitrogen and oxygen atoms in total. The first-order valence-corrected chi connectivity index (χ1v) is 12.0. The van der Waals surface area contributed by atoms with Gasteiger partial charge in [-0.25, -0.2) is 22.9 Å². The molecule has 2 heterocycles. The van der Waals surface area contributed by atoms with Gasteiger partial charge in [-0.3, -0.25) is 4.79 Å². The largest absolute Gasteiger partial charge is 0.388 e. The Labute approximate surface area is 193 Å². The van der Waals surface area contributed by atoms with E-state index in [0.29, 0.717) is 38.1 Å². The Balaban J connectivity index is 1.51. The molecule has 0 fully saturated rings. The van der Waals surface area contributed by atoms with Crippen molar-refractivity contribution >= 4 is 67.5 Å². The van der Waals surface area contributed by atoms with Crippen LogP contribution in [0.15, 0.2) is 57.7 Å². The first-order valence-electron chi connectivity index (χ1n) is 9.33. The first-order chi connectivity index (χ1) is 15.2. The third-order valence-electron chi connectivity index (χ3n) is 4.76. The van der Waals surface area contributed by atoms with Gasteiger partial charge in [0.05, 0.1) is 15.6 Å². The van der Waals surface area contributed by atoms with Crippen molar-refractivity contribution in [2.45, 2.75) is 11.1 Å². The number of benzene rings is 2. The van der Waals surface area contributed by atoms with Crippen molar-refractivity contribution in [3.63, 3.8) is 0 Å². The Morgan fingerprint density at radius 2 is 1.75 bits per heavy atom. The molecule has 4 rings (SSSR count). The number of Topliss-reactive ketones (excluding diaryl/α,β-unsaturated/α-hetero) is 1. The molecule has 0 atom stereocenters. The van der Waals surface area contributed by atoms with E-state index in [4.69, 9.17) is 11.6 Å². The van der Waals surface area contributed by atoms with E-state index >= 15 is 0 Å². The molecule has 1 aromatic heterocycles. The summed E-state index contributed by atoms with van der Waals surface area (Å²) in [5.41, 5.74) is 3.98. The highest BCUT2D eigenvalue weighted by Gasteiger charge is 2.27. The summed E-state index contributed by atoms with van der Waals surface area (Å²) < 4.78 is 26.7. The maximum absolute atomic E-state index is 12.8. The van der Waals surface area contributed by atoms with Crippen molar-refractivity contribution in [3.05, 3.63) is 69.6 Å². The first kappa shape index (κ1) is 22.0. The molecular formula is C21H17ClN4O4S2. The molecular weight excluding hydrogens is 472 g/mol. The summed E-state index contributed by atoms with van der Waals surface area (Å²) in [7, 11) is -2.24. The third kappa shape index (κ3) is 4.24. The quantitative estimate of drug-likeness (QED) is 0.486.